The van der Waals surface area contributed by atoms with E-state index in [4.69, 9.17) is 4.74 Å². The number of phenolic OH excluding ortho intramolecular Hbond substituents is 1. The van der Waals surface area contributed by atoms with E-state index >= 15 is 0 Å². The van der Waals surface area contributed by atoms with Crippen LogP contribution in [-0.4, -0.2) is 43.3 Å². The number of nitrogens with zero attached hydrogens (tertiary/aromatic N) is 1. The third-order valence-corrected chi connectivity index (χ3v) is 4.72. The Morgan fingerprint density at radius 1 is 1.21 bits per heavy atom. The molecule has 140 valence electrons. The Bertz CT molecular complexity index is 498. The quantitative estimate of drug-likeness (QED) is 0.684. The van der Waals surface area contributed by atoms with Crippen molar-refractivity contribution in [3.05, 3.63) is 22.2 Å². The van der Waals surface area contributed by atoms with E-state index in [1.54, 1.807) is 7.11 Å². The number of hydrogen-bond donors (Lipinski definition) is 2. The molecule has 1 heterocycles. The summed E-state index contributed by atoms with van der Waals surface area (Å²) in [4.78, 5) is 2.47. The first-order valence-electron chi connectivity index (χ1n) is 8.04. The van der Waals surface area contributed by atoms with Crippen molar-refractivity contribution in [2.45, 2.75) is 32.7 Å². The number of piperazine rings is 1. The van der Waals surface area contributed by atoms with E-state index in [0.717, 1.165) is 49.1 Å². The fraction of sp³-hybridized carbons (Fsp3) is 0.647. The summed E-state index contributed by atoms with van der Waals surface area (Å²) in [5.41, 5.74) is 0.966. The molecule has 1 atom stereocenters. The van der Waals surface area contributed by atoms with Gasteiger partial charge in [-0.3, -0.25) is 4.90 Å². The largest absolute Gasteiger partial charge is 0.504 e. The van der Waals surface area contributed by atoms with E-state index in [2.05, 4.69) is 40.0 Å². The van der Waals surface area contributed by atoms with Crippen LogP contribution in [0.5, 0.6) is 11.5 Å². The molecule has 4 nitrogen and oxygen atoms in total. The van der Waals surface area contributed by atoms with Crippen molar-refractivity contribution in [1.29, 1.82) is 0 Å². The van der Waals surface area contributed by atoms with Crippen LogP contribution in [0, 0.1) is 5.92 Å². The van der Waals surface area contributed by atoms with Crippen LogP contribution in [0.2, 0.25) is 0 Å². The van der Waals surface area contributed by atoms with Gasteiger partial charge in [-0.25, -0.2) is 0 Å². The Balaban J connectivity index is 0.00000264. The number of methoxy groups -OCH3 is 1. The van der Waals surface area contributed by atoms with E-state index in [-0.39, 0.29) is 36.6 Å². The molecule has 0 aliphatic carbocycles. The fourth-order valence-electron chi connectivity index (χ4n) is 3.02. The predicted octanol–water partition coefficient (Wildman–Crippen LogP) is 4.39. The Kier molecular flexibility index (Phi) is 11.3. The monoisotopic (exact) mass is 442 g/mol. The summed E-state index contributed by atoms with van der Waals surface area (Å²) in [5, 5.41) is 14.0. The van der Waals surface area contributed by atoms with Gasteiger partial charge in [-0.1, -0.05) is 29.8 Å². The highest BCUT2D eigenvalue weighted by Crippen LogP contribution is 2.41. The summed E-state index contributed by atoms with van der Waals surface area (Å²) in [6.45, 7) is 8.52. The smallest absolute Gasteiger partial charge is 0.162 e. The molecule has 1 aromatic rings. The van der Waals surface area contributed by atoms with Crippen molar-refractivity contribution in [1.82, 2.24) is 10.2 Å². The van der Waals surface area contributed by atoms with Crippen LogP contribution in [-0.2, 0) is 0 Å². The zero-order valence-corrected chi connectivity index (χ0v) is 17.8. The van der Waals surface area contributed by atoms with Crippen LogP contribution < -0.4 is 10.1 Å². The predicted molar refractivity (Wildman–Crippen MR) is 108 cm³/mol. The first kappa shape index (κ1) is 23.8. The molecule has 1 aromatic carbocycles. The lowest BCUT2D eigenvalue weighted by molar-refractivity contribution is 0.156. The van der Waals surface area contributed by atoms with Crippen molar-refractivity contribution in [3.8, 4) is 11.5 Å². The maximum Gasteiger partial charge on any atom is 0.162 e. The van der Waals surface area contributed by atoms with Gasteiger partial charge in [0.15, 0.2) is 11.5 Å². The molecule has 1 aliphatic heterocycles. The maximum atomic E-state index is 10.6. The van der Waals surface area contributed by atoms with Gasteiger partial charge in [-0.15, -0.1) is 24.8 Å². The number of halogens is 3. The minimum Gasteiger partial charge on any atom is -0.504 e. The highest BCUT2D eigenvalue weighted by atomic mass is 79.9. The molecule has 7 heteroatoms. The van der Waals surface area contributed by atoms with Crippen LogP contribution in [0.1, 0.15) is 38.3 Å². The molecular formula is C17H29BrCl2N2O2. The number of rotatable bonds is 6. The molecule has 0 radical (unpaired) electrons. The number of hydrogen-bond acceptors (Lipinski definition) is 4. The van der Waals surface area contributed by atoms with Crippen molar-refractivity contribution in [2.75, 3.05) is 33.3 Å². The van der Waals surface area contributed by atoms with E-state index in [1.165, 1.54) is 0 Å². The molecule has 1 saturated heterocycles. The molecular weight excluding hydrogens is 415 g/mol. The third kappa shape index (κ3) is 6.26. The summed E-state index contributed by atoms with van der Waals surface area (Å²) in [7, 11) is 1.60. The Hall–Kier alpha value is -0.200. The first-order valence-corrected chi connectivity index (χ1v) is 8.83. The Morgan fingerprint density at radius 3 is 2.38 bits per heavy atom. The van der Waals surface area contributed by atoms with Crippen molar-refractivity contribution >= 4 is 40.7 Å². The molecule has 0 aromatic heterocycles. The molecule has 24 heavy (non-hydrogen) atoms. The van der Waals surface area contributed by atoms with Crippen molar-refractivity contribution < 1.29 is 9.84 Å². The van der Waals surface area contributed by atoms with Gasteiger partial charge in [-0.2, -0.15) is 0 Å². The van der Waals surface area contributed by atoms with Crippen LogP contribution in [0.3, 0.4) is 0 Å². The van der Waals surface area contributed by atoms with Crippen LogP contribution in [0.25, 0.3) is 0 Å². The number of nitrogens with one attached hydrogen (secondary N) is 1. The van der Waals surface area contributed by atoms with E-state index in [1.807, 2.05) is 12.1 Å². The van der Waals surface area contributed by atoms with E-state index < -0.39 is 0 Å². The molecule has 2 rings (SSSR count). The summed E-state index contributed by atoms with van der Waals surface area (Å²) in [6, 6.07) is 4.08. The van der Waals surface area contributed by atoms with Crippen molar-refractivity contribution in [3.63, 3.8) is 0 Å². The van der Waals surface area contributed by atoms with Gasteiger partial charge in [0.25, 0.3) is 0 Å². The summed E-state index contributed by atoms with van der Waals surface area (Å²) in [5.74, 6) is 1.47. The van der Waals surface area contributed by atoms with Gasteiger partial charge >= 0.3 is 0 Å². The molecule has 0 bridgehead atoms. The molecule has 1 aliphatic rings. The highest BCUT2D eigenvalue weighted by Gasteiger charge is 2.26. The van der Waals surface area contributed by atoms with Gasteiger partial charge in [0.05, 0.1) is 7.11 Å². The molecule has 0 amide bonds. The molecule has 0 spiro atoms. The summed E-state index contributed by atoms with van der Waals surface area (Å²) in [6.07, 6.45) is 2.19. The number of aromatic hydroxyl groups is 1. The number of benzene rings is 1. The normalized spacial score (nSPS) is 16.2. The highest BCUT2D eigenvalue weighted by molar-refractivity contribution is 9.10. The lowest BCUT2D eigenvalue weighted by Gasteiger charge is -2.36. The second-order valence-corrected chi connectivity index (χ2v) is 7.23. The number of ether oxygens (including phenoxy) is 1. The second-order valence-electron chi connectivity index (χ2n) is 6.32. The standard InChI is InChI=1S/C17H27BrN2O2.2ClH/c1-12(2)4-5-15(20-8-6-19-7-9-20)14-10-13(18)11-16(22-3)17(14)21;;/h10-12,15,19,21H,4-9H2,1-3H3;2*1H/t15-;;/m1../s1. The average molecular weight is 444 g/mol. The van der Waals surface area contributed by atoms with Crippen LogP contribution >= 0.6 is 40.7 Å². The van der Waals surface area contributed by atoms with Gasteiger partial charge in [0, 0.05) is 42.3 Å². The second kappa shape index (κ2) is 11.4. The number of phenols is 1. The zero-order valence-electron chi connectivity index (χ0n) is 14.5. The minimum atomic E-state index is 0. The van der Waals surface area contributed by atoms with Crippen LogP contribution in [0.4, 0.5) is 0 Å². The van der Waals surface area contributed by atoms with E-state index in [9.17, 15) is 5.11 Å². The first-order chi connectivity index (χ1) is 10.5. The van der Waals surface area contributed by atoms with Gasteiger partial charge in [-0.05, 0) is 30.9 Å². The van der Waals surface area contributed by atoms with Crippen molar-refractivity contribution in [2.24, 2.45) is 5.92 Å². The molecule has 2 N–H and O–H groups in total. The fourth-order valence-corrected chi connectivity index (χ4v) is 3.48. The van der Waals surface area contributed by atoms with Crippen LogP contribution in [0.15, 0.2) is 16.6 Å². The summed E-state index contributed by atoms with van der Waals surface area (Å²) >= 11 is 3.54. The maximum absolute atomic E-state index is 10.6. The average Bonchev–Trinajstić information content (AvgIpc) is 2.51. The lowest BCUT2D eigenvalue weighted by atomic mass is 9.95. The molecule has 0 saturated carbocycles. The molecule has 1 fully saturated rings. The van der Waals surface area contributed by atoms with Gasteiger partial charge in [0.2, 0.25) is 0 Å². The lowest BCUT2D eigenvalue weighted by Crippen LogP contribution is -2.45. The van der Waals surface area contributed by atoms with Gasteiger partial charge in [0.1, 0.15) is 0 Å². The SMILES string of the molecule is COc1cc(Br)cc([C@@H](CCC(C)C)N2CCNCC2)c1O.Cl.Cl. The molecule has 0 unspecified atom stereocenters. The minimum absolute atomic E-state index is 0. The van der Waals surface area contributed by atoms with E-state index in [0.29, 0.717) is 11.7 Å². The van der Waals surface area contributed by atoms with Gasteiger partial charge < -0.3 is 15.2 Å². The Labute approximate surface area is 166 Å². The zero-order chi connectivity index (χ0) is 16.1. The Morgan fingerprint density at radius 2 is 1.83 bits per heavy atom. The topological polar surface area (TPSA) is 44.7 Å². The summed E-state index contributed by atoms with van der Waals surface area (Å²) < 4.78 is 6.26. The third-order valence-electron chi connectivity index (χ3n) is 4.26.